The standard InChI is InChI=1S/C12H10ClN3O2/c1-14-12(17)8-3-2-4-9(7-8)18-11-6-5-10(13)15-16-11/h2-7H,1H3,(H,14,17). The molecular formula is C12H10ClN3O2. The molecule has 0 spiro atoms. The first kappa shape index (κ1) is 12.3. The quantitative estimate of drug-likeness (QED) is 0.923. The highest BCUT2D eigenvalue weighted by atomic mass is 35.5. The molecule has 1 heterocycles. The summed E-state index contributed by atoms with van der Waals surface area (Å²) in [7, 11) is 1.57. The highest BCUT2D eigenvalue weighted by molar-refractivity contribution is 6.29. The van der Waals surface area contributed by atoms with Crippen LogP contribution in [0.3, 0.4) is 0 Å². The Morgan fingerprint density at radius 2 is 2.11 bits per heavy atom. The summed E-state index contributed by atoms with van der Waals surface area (Å²) >= 11 is 5.62. The van der Waals surface area contributed by atoms with Gasteiger partial charge in [-0.2, -0.15) is 0 Å². The van der Waals surface area contributed by atoms with Crippen LogP contribution in [0.15, 0.2) is 36.4 Å². The van der Waals surface area contributed by atoms with Crippen LogP contribution in [0.4, 0.5) is 0 Å². The zero-order valence-electron chi connectivity index (χ0n) is 9.55. The number of nitrogens with zero attached hydrogens (tertiary/aromatic N) is 2. The molecule has 0 fully saturated rings. The minimum atomic E-state index is -0.178. The summed E-state index contributed by atoms with van der Waals surface area (Å²) in [5.41, 5.74) is 0.511. The van der Waals surface area contributed by atoms with Gasteiger partial charge in [0.15, 0.2) is 5.15 Å². The average molecular weight is 264 g/mol. The van der Waals surface area contributed by atoms with Gasteiger partial charge < -0.3 is 10.1 Å². The molecule has 0 aliphatic carbocycles. The summed E-state index contributed by atoms with van der Waals surface area (Å²) in [4.78, 5) is 11.5. The Morgan fingerprint density at radius 3 is 2.78 bits per heavy atom. The second-order valence-electron chi connectivity index (χ2n) is 3.40. The van der Waals surface area contributed by atoms with Crippen molar-refractivity contribution in [1.29, 1.82) is 0 Å². The molecule has 2 aromatic rings. The first-order chi connectivity index (χ1) is 8.69. The molecular weight excluding hydrogens is 254 g/mol. The van der Waals surface area contributed by atoms with E-state index in [0.717, 1.165) is 0 Å². The number of carbonyl (C=O) groups excluding carboxylic acids is 1. The average Bonchev–Trinajstić information content (AvgIpc) is 2.41. The van der Waals surface area contributed by atoms with Crippen molar-refractivity contribution in [2.24, 2.45) is 0 Å². The Labute approximate surface area is 109 Å². The number of hydrogen-bond acceptors (Lipinski definition) is 4. The van der Waals surface area contributed by atoms with Gasteiger partial charge >= 0.3 is 0 Å². The lowest BCUT2D eigenvalue weighted by Crippen LogP contribution is -2.17. The van der Waals surface area contributed by atoms with E-state index < -0.39 is 0 Å². The second kappa shape index (κ2) is 5.46. The van der Waals surface area contributed by atoms with E-state index in [1.165, 1.54) is 0 Å². The number of aromatic nitrogens is 2. The number of amides is 1. The fraction of sp³-hybridized carbons (Fsp3) is 0.0833. The van der Waals surface area contributed by atoms with Gasteiger partial charge in [0.25, 0.3) is 5.91 Å². The first-order valence-corrected chi connectivity index (χ1v) is 5.56. The Bertz CT molecular complexity index is 558. The molecule has 0 aliphatic heterocycles. The predicted molar refractivity (Wildman–Crippen MR) is 66.9 cm³/mol. The van der Waals surface area contributed by atoms with Crippen molar-refractivity contribution in [2.75, 3.05) is 7.05 Å². The van der Waals surface area contributed by atoms with Gasteiger partial charge in [0.1, 0.15) is 5.75 Å². The summed E-state index contributed by atoms with van der Waals surface area (Å²) < 4.78 is 5.46. The minimum Gasteiger partial charge on any atom is -0.437 e. The summed E-state index contributed by atoms with van der Waals surface area (Å²) in [5, 5.41) is 10.3. The molecule has 0 saturated carbocycles. The molecule has 0 atom stereocenters. The third-order valence-corrected chi connectivity index (χ3v) is 2.35. The van der Waals surface area contributed by atoms with Crippen molar-refractivity contribution in [2.45, 2.75) is 0 Å². The Kier molecular flexibility index (Phi) is 3.74. The van der Waals surface area contributed by atoms with Crippen molar-refractivity contribution in [3.63, 3.8) is 0 Å². The number of carbonyl (C=O) groups is 1. The number of halogens is 1. The van der Waals surface area contributed by atoms with Gasteiger partial charge in [-0.15, -0.1) is 10.2 Å². The van der Waals surface area contributed by atoms with Crippen LogP contribution in [0.2, 0.25) is 5.15 Å². The van der Waals surface area contributed by atoms with E-state index in [0.29, 0.717) is 22.3 Å². The van der Waals surface area contributed by atoms with E-state index in [1.807, 2.05) is 0 Å². The highest BCUT2D eigenvalue weighted by Crippen LogP contribution is 2.20. The van der Waals surface area contributed by atoms with Crippen LogP contribution in [-0.2, 0) is 0 Å². The highest BCUT2D eigenvalue weighted by Gasteiger charge is 2.05. The van der Waals surface area contributed by atoms with Gasteiger partial charge in [-0.25, -0.2) is 0 Å². The molecule has 0 radical (unpaired) electrons. The number of ether oxygens (including phenoxy) is 1. The maximum absolute atomic E-state index is 11.5. The lowest BCUT2D eigenvalue weighted by molar-refractivity contribution is 0.0963. The molecule has 1 aromatic heterocycles. The molecule has 1 aromatic carbocycles. The monoisotopic (exact) mass is 263 g/mol. The smallest absolute Gasteiger partial charge is 0.251 e. The Hall–Kier alpha value is -2.14. The van der Waals surface area contributed by atoms with Crippen LogP contribution in [0.5, 0.6) is 11.6 Å². The van der Waals surface area contributed by atoms with Crippen LogP contribution < -0.4 is 10.1 Å². The molecule has 6 heteroatoms. The van der Waals surface area contributed by atoms with Gasteiger partial charge in [-0.3, -0.25) is 4.79 Å². The van der Waals surface area contributed by atoms with E-state index >= 15 is 0 Å². The minimum absolute atomic E-state index is 0.178. The number of rotatable bonds is 3. The molecule has 1 N–H and O–H groups in total. The molecule has 18 heavy (non-hydrogen) atoms. The zero-order valence-corrected chi connectivity index (χ0v) is 10.3. The number of benzene rings is 1. The van der Waals surface area contributed by atoms with Crippen LogP contribution in [-0.4, -0.2) is 23.2 Å². The zero-order chi connectivity index (χ0) is 13.0. The topological polar surface area (TPSA) is 64.1 Å². The van der Waals surface area contributed by atoms with Gasteiger partial charge in [0.2, 0.25) is 5.88 Å². The fourth-order valence-electron chi connectivity index (χ4n) is 1.32. The van der Waals surface area contributed by atoms with Crippen molar-refractivity contribution < 1.29 is 9.53 Å². The lowest BCUT2D eigenvalue weighted by Gasteiger charge is -2.05. The van der Waals surface area contributed by atoms with Crippen LogP contribution in [0.1, 0.15) is 10.4 Å². The second-order valence-corrected chi connectivity index (χ2v) is 3.79. The molecule has 0 unspecified atom stereocenters. The van der Waals surface area contributed by atoms with Gasteiger partial charge in [0, 0.05) is 18.7 Å². The fourth-order valence-corrected chi connectivity index (χ4v) is 1.42. The maximum Gasteiger partial charge on any atom is 0.251 e. The number of nitrogens with one attached hydrogen (secondary N) is 1. The van der Waals surface area contributed by atoms with Gasteiger partial charge in [-0.05, 0) is 24.3 Å². The van der Waals surface area contributed by atoms with Crippen LogP contribution >= 0.6 is 11.6 Å². The summed E-state index contributed by atoms with van der Waals surface area (Å²) in [6.45, 7) is 0. The molecule has 5 nitrogen and oxygen atoms in total. The van der Waals surface area contributed by atoms with E-state index in [9.17, 15) is 4.79 Å². The Morgan fingerprint density at radius 1 is 1.28 bits per heavy atom. The van der Waals surface area contributed by atoms with E-state index in [2.05, 4.69) is 15.5 Å². The van der Waals surface area contributed by atoms with E-state index in [1.54, 1.807) is 43.4 Å². The Balaban J connectivity index is 2.19. The summed E-state index contributed by atoms with van der Waals surface area (Å²) in [6, 6.07) is 9.94. The molecule has 0 saturated heterocycles. The van der Waals surface area contributed by atoms with Crippen LogP contribution in [0.25, 0.3) is 0 Å². The van der Waals surface area contributed by atoms with Crippen molar-refractivity contribution >= 4 is 17.5 Å². The lowest BCUT2D eigenvalue weighted by atomic mass is 10.2. The molecule has 92 valence electrons. The first-order valence-electron chi connectivity index (χ1n) is 5.18. The summed E-state index contributed by atoms with van der Waals surface area (Å²) in [6.07, 6.45) is 0. The van der Waals surface area contributed by atoms with E-state index in [-0.39, 0.29) is 5.91 Å². The van der Waals surface area contributed by atoms with Crippen molar-refractivity contribution in [1.82, 2.24) is 15.5 Å². The molecule has 2 rings (SSSR count). The largest absolute Gasteiger partial charge is 0.437 e. The van der Waals surface area contributed by atoms with Gasteiger partial charge in [-0.1, -0.05) is 17.7 Å². The van der Waals surface area contributed by atoms with Crippen molar-refractivity contribution in [3.8, 4) is 11.6 Å². The van der Waals surface area contributed by atoms with E-state index in [4.69, 9.17) is 16.3 Å². The molecule has 1 amide bonds. The SMILES string of the molecule is CNC(=O)c1cccc(Oc2ccc(Cl)nn2)c1. The third-order valence-electron chi connectivity index (χ3n) is 2.15. The maximum atomic E-state index is 11.5. The number of hydrogen-bond donors (Lipinski definition) is 1. The molecule has 0 aliphatic rings. The normalized spacial score (nSPS) is 9.89. The third kappa shape index (κ3) is 2.95. The van der Waals surface area contributed by atoms with Gasteiger partial charge in [0.05, 0.1) is 0 Å². The molecule has 0 bridgehead atoms. The predicted octanol–water partition coefficient (Wildman–Crippen LogP) is 2.28. The van der Waals surface area contributed by atoms with Crippen molar-refractivity contribution in [3.05, 3.63) is 47.1 Å². The van der Waals surface area contributed by atoms with Crippen LogP contribution in [0, 0.1) is 0 Å². The summed E-state index contributed by atoms with van der Waals surface area (Å²) in [5.74, 6) is 0.642.